The van der Waals surface area contributed by atoms with Crippen molar-refractivity contribution < 1.29 is 4.39 Å². The summed E-state index contributed by atoms with van der Waals surface area (Å²) in [7, 11) is 0. The number of hydrogen-bond donors (Lipinski definition) is 0. The van der Waals surface area contributed by atoms with Crippen molar-refractivity contribution in [3.05, 3.63) is 40.5 Å². The maximum Gasteiger partial charge on any atom is 0.240 e. The van der Waals surface area contributed by atoms with E-state index in [0.717, 1.165) is 0 Å². The molecule has 1 aromatic rings. The summed E-state index contributed by atoms with van der Waals surface area (Å²) >= 11 is 5.48. The second-order valence-corrected chi connectivity index (χ2v) is 2.09. The predicted octanol–water partition coefficient (Wildman–Crippen LogP) is 3.03. The first kappa shape index (κ1) is 7.04. The lowest BCUT2D eigenvalue weighted by molar-refractivity contribution is 0.634. The highest BCUT2D eigenvalue weighted by molar-refractivity contribution is 6.33. The number of halogens is 2. The first-order valence-electron chi connectivity index (χ1n) is 2.57. The lowest BCUT2D eigenvalue weighted by atomic mass is 10.3. The van der Waals surface area contributed by atoms with E-state index >= 15 is 0 Å². The van der Waals surface area contributed by atoms with Gasteiger partial charge in [0.15, 0.2) is 0 Å². The summed E-state index contributed by atoms with van der Waals surface area (Å²) in [5.74, 6) is -0.567. The first-order chi connectivity index (χ1) is 4.75. The highest BCUT2D eigenvalue weighted by Crippen LogP contribution is 2.26. The molecular formula is C7H3ClFN. The van der Waals surface area contributed by atoms with Crippen molar-refractivity contribution in [1.29, 1.82) is 0 Å². The maximum absolute atomic E-state index is 12.6. The molecule has 10 heavy (non-hydrogen) atoms. The van der Waals surface area contributed by atoms with Gasteiger partial charge < -0.3 is 0 Å². The number of nitrogens with zero attached hydrogens (tertiary/aromatic N) is 1. The zero-order valence-electron chi connectivity index (χ0n) is 4.94. The van der Waals surface area contributed by atoms with Crippen LogP contribution in [0.1, 0.15) is 0 Å². The molecule has 0 unspecified atom stereocenters. The molecule has 0 amide bonds. The van der Waals surface area contributed by atoms with Crippen LogP contribution in [-0.4, -0.2) is 0 Å². The lowest BCUT2D eigenvalue weighted by Crippen LogP contribution is -1.72. The van der Waals surface area contributed by atoms with Gasteiger partial charge in [-0.25, -0.2) is 9.24 Å². The molecule has 1 aromatic carbocycles. The Kier molecular flexibility index (Phi) is 1.88. The van der Waals surface area contributed by atoms with Gasteiger partial charge in [0.1, 0.15) is 5.82 Å². The average Bonchev–Trinajstić information content (AvgIpc) is 1.88. The molecule has 0 N–H and O–H groups in total. The Bertz CT molecular complexity index is 270. The molecule has 0 spiro atoms. The number of para-hydroxylation sites is 1. The molecule has 3 heteroatoms. The molecule has 50 valence electrons. The third-order valence-electron chi connectivity index (χ3n) is 1.05. The van der Waals surface area contributed by atoms with Gasteiger partial charge in [-0.3, -0.25) is 0 Å². The summed E-state index contributed by atoms with van der Waals surface area (Å²) in [6.07, 6.45) is 0. The summed E-state index contributed by atoms with van der Waals surface area (Å²) < 4.78 is 12.6. The second kappa shape index (κ2) is 2.68. The molecule has 0 heterocycles. The molecule has 0 radical (unpaired) electrons. The van der Waals surface area contributed by atoms with Crippen LogP contribution in [0.25, 0.3) is 4.85 Å². The summed E-state index contributed by atoms with van der Waals surface area (Å²) in [4.78, 5) is 2.91. The van der Waals surface area contributed by atoms with E-state index in [1.165, 1.54) is 18.2 Å². The fourth-order valence-electron chi connectivity index (χ4n) is 0.596. The van der Waals surface area contributed by atoms with Crippen molar-refractivity contribution in [3.63, 3.8) is 0 Å². The van der Waals surface area contributed by atoms with Gasteiger partial charge in [0.2, 0.25) is 5.69 Å². The second-order valence-electron chi connectivity index (χ2n) is 1.68. The Labute approximate surface area is 62.9 Å². The van der Waals surface area contributed by atoms with E-state index in [1.807, 2.05) is 0 Å². The van der Waals surface area contributed by atoms with Crippen molar-refractivity contribution in [2.45, 2.75) is 0 Å². The Morgan fingerprint density at radius 1 is 1.50 bits per heavy atom. The van der Waals surface area contributed by atoms with E-state index in [2.05, 4.69) is 4.85 Å². The van der Waals surface area contributed by atoms with Crippen LogP contribution in [-0.2, 0) is 0 Å². The number of hydrogen-bond acceptors (Lipinski definition) is 0. The molecule has 0 saturated heterocycles. The highest BCUT2D eigenvalue weighted by Gasteiger charge is 2.03. The van der Waals surface area contributed by atoms with E-state index in [9.17, 15) is 4.39 Å². The van der Waals surface area contributed by atoms with Gasteiger partial charge in [0.25, 0.3) is 0 Å². The molecule has 0 aliphatic rings. The lowest BCUT2D eigenvalue weighted by Gasteiger charge is -1.93. The average molecular weight is 156 g/mol. The van der Waals surface area contributed by atoms with Crippen LogP contribution in [0.4, 0.5) is 10.1 Å². The van der Waals surface area contributed by atoms with Crippen molar-refractivity contribution in [1.82, 2.24) is 0 Å². The molecular weight excluding hydrogens is 153 g/mol. The van der Waals surface area contributed by atoms with Crippen LogP contribution in [0.5, 0.6) is 0 Å². The third kappa shape index (κ3) is 1.09. The highest BCUT2D eigenvalue weighted by atomic mass is 35.5. The molecule has 0 atom stereocenters. The molecule has 1 nitrogen and oxygen atoms in total. The van der Waals surface area contributed by atoms with Crippen molar-refractivity contribution in [3.8, 4) is 0 Å². The Morgan fingerprint density at radius 2 is 2.20 bits per heavy atom. The quantitative estimate of drug-likeness (QED) is 0.508. The van der Waals surface area contributed by atoms with E-state index in [1.54, 1.807) is 0 Å². The first-order valence-corrected chi connectivity index (χ1v) is 2.95. The van der Waals surface area contributed by atoms with Gasteiger partial charge in [0, 0.05) is 5.02 Å². The largest absolute Gasteiger partial charge is 0.240 e. The standard InChI is InChI=1S/C7H3ClFN/c1-10-7-5(8)3-2-4-6(7)9/h2-4H. The van der Waals surface area contributed by atoms with Crippen LogP contribution < -0.4 is 0 Å². The summed E-state index contributed by atoms with van der Waals surface area (Å²) in [5, 5.41) is 0.162. The zero-order chi connectivity index (χ0) is 7.56. The van der Waals surface area contributed by atoms with Gasteiger partial charge in [-0.2, -0.15) is 0 Å². The molecule has 0 saturated carbocycles. The van der Waals surface area contributed by atoms with Crippen LogP contribution in [0, 0.1) is 12.4 Å². The van der Waals surface area contributed by atoms with E-state index in [0.29, 0.717) is 0 Å². The van der Waals surface area contributed by atoms with Crippen molar-refractivity contribution in [2.24, 2.45) is 0 Å². The smallest absolute Gasteiger partial charge is 0.233 e. The predicted molar refractivity (Wildman–Crippen MR) is 37.7 cm³/mol. The Hall–Kier alpha value is -1.07. The number of rotatable bonds is 0. The minimum Gasteiger partial charge on any atom is -0.233 e. The number of benzene rings is 1. The Morgan fingerprint density at radius 3 is 2.60 bits per heavy atom. The summed E-state index contributed by atoms with van der Waals surface area (Å²) in [6.45, 7) is 6.53. The van der Waals surface area contributed by atoms with Gasteiger partial charge in [-0.1, -0.05) is 23.7 Å². The fraction of sp³-hybridized carbons (Fsp3) is 0. The minimum atomic E-state index is -0.567. The summed E-state index contributed by atoms with van der Waals surface area (Å²) in [6, 6.07) is 4.16. The topological polar surface area (TPSA) is 4.36 Å². The summed E-state index contributed by atoms with van der Waals surface area (Å²) in [5.41, 5.74) is -0.107. The SMILES string of the molecule is [C-]#[N+]c1c(F)cccc1Cl. The van der Waals surface area contributed by atoms with Crippen molar-refractivity contribution in [2.75, 3.05) is 0 Å². The zero-order valence-corrected chi connectivity index (χ0v) is 5.69. The van der Waals surface area contributed by atoms with Crippen LogP contribution in [0.3, 0.4) is 0 Å². The van der Waals surface area contributed by atoms with Gasteiger partial charge >= 0.3 is 0 Å². The molecule has 0 aromatic heterocycles. The van der Waals surface area contributed by atoms with Gasteiger partial charge in [-0.05, 0) is 6.07 Å². The van der Waals surface area contributed by atoms with Crippen LogP contribution in [0.15, 0.2) is 18.2 Å². The maximum atomic E-state index is 12.6. The van der Waals surface area contributed by atoms with Gasteiger partial charge in [-0.15, -0.1) is 0 Å². The Balaban J connectivity index is 3.34. The molecule has 0 aliphatic carbocycles. The van der Waals surface area contributed by atoms with E-state index in [-0.39, 0.29) is 10.7 Å². The van der Waals surface area contributed by atoms with E-state index < -0.39 is 5.82 Å². The molecule has 0 fully saturated rings. The van der Waals surface area contributed by atoms with E-state index in [4.69, 9.17) is 18.2 Å². The molecule has 0 bridgehead atoms. The third-order valence-corrected chi connectivity index (χ3v) is 1.35. The fourth-order valence-corrected chi connectivity index (χ4v) is 0.801. The van der Waals surface area contributed by atoms with Crippen LogP contribution >= 0.6 is 11.6 Å². The van der Waals surface area contributed by atoms with Gasteiger partial charge in [0.05, 0.1) is 6.57 Å². The van der Waals surface area contributed by atoms with Crippen molar-refractivity contribution >= 4 is 17.3 Å². The normalized spacial score (nSPS) is 8.90. The molecule has 1 rings (SSSR count). The molecule has 0 aliphatic heterocycles. The van der Waals surface area contributed by atoms with Crippen LogP contribution in [0.2, 0.25) is 5.02 Å². The minimum absolute atomic E-state index is 0.107. The monoisotopic (exact) mass is 155 g/mol.